The Hall–Kier alpha value is -1.62. The number of halogens is 10. The highest BCUT2D eigenvalue weighted by atomic mass is 35.5. The van der Waals surface area contributed by atoms with Crippen molar-refractivity contribution >= 4 is 58.3 Å². The molecule has 13 heteroatoms. The van der Waals surface area contributed by atoms with Crippen LogP contribution in [0.25, 0.3) is 5.83 Å². The Kier molecular flexibility index (Phi) is 9.83. The van der Waals surface area contributed by atoms with E-state index in [-0.39, 0.29) is 39.0 Å². The Morgan fingerprint density at radius 1 is 1.06 bits per heavy atom. The number of carbonyl (C=O) groups excluding carboxylic acids is 1. The summed E-state index contributed by atoms with van der Waals surface area (Å²) in [5, 5.41) is 1.42. The van der Waals surface area contributed by atoms with Gasteiger partial charge in [-0.3, -0.25) is 4.79 Å². The molecule has 2 unspecified atom stereocenters. The Labute approximate surface area is 215 Å². The van der Waals surface area contributed by atoms with E-state index in [1.165, 1.54) is 11.8 Å². The van der Waals surface area contributed by atoms with Crippen LogP contribution in [0.4, 0.5) is 30.7 Å². The number of nitrogens with one attached hydrogen (secondary N) is 1. The lowest BCUT2D eigenvalue weighted by Crippen LogP contribution is -2.31. The summed E-state index contributed by atoms with van der Waals surface area (Å²) in [6, 6.07) is 3.46. The first kappa shape index (κ1) is 29.6. The molecular weight excluding hydrogens is 566 g/mol. The zero-order valence-electron chi connectivity index (χ0n) is 17.9. The quantitative estimate of drug-likeness (QED) is 0.261. The minimum absolute atomic E-state index is 0.0762. The van der Waals surface area contributed by atoms with Gasteiger partial charge in [-0.15, -0.1) is 0 Å². The van der Waals surface area contributed by atoms with Crippen molar-refractivity contribution in [2.24, 2.45) is 0 Å². The van der Waals surface area contributed by atoms with Crippen molar-refractivity contribution < 1.29 is 35.5 Å². The minimum Gasteiger partial charge on any atom is -0.351 e. The molecule has 0 aliphatic carbocycles. The van der Waals surface area contributed by atoms with E-state index in [9.17, 15) is 35.5 Å². The molecule has 0 bridgehead atoms. The fraction of sp³-hybridized carbons (Fsp3) is 0.318. The third-order valence-corrected chi connectivity index (χ3v) is 7.00. The molecule has 0 fully saturated rings. The van der Waals surface area contributed by atoms with E-state index in [4.69, 9.17) is 34.8 Å². The lowest BCUT2D eigenvalue weighted by atomic mass is 9.95. The van der Waals surface area contributed by atoms with Gasteiger partial charge in [-0.1, -0.05) is 47.8 Å². The summed E-state index contributed by atoms with van der Waals surface area (Å²) in [6.07, 6.45) is -8.26. The molecule has 35 heavy (non-hydrogen) atoms. The van der Waals surface area contributed by atoms with Gasteiger partial charge in [-0.2, -0.15) is 38.1 Å². The molecule has 0 saturated heterocycles. The zero-order valence-corrected chi connectivity index (χ0v) is 21.0. The van der Waals surface area contributed by atoms with E-state index in [2.05, 4.69) is 5.32 Å². The van der Waals surface area contributed by atoms with Crippen LogP contribution in [0.3, 0.4) is 0 Å². The summed E-state index contributed by atoms with van der Waals surface area (Å²) in [7, 11) is 0. The van der Waals surface area contributed by atoms with Crippen LogP contribution in [-0.4, -0.2) is 30.1 Å². The molecule has 2 aromatic carbocycles. The molecular formula is C22H17Cl3F7NOS. The predicted molar refractivity (Wildman–Crippen MR) is 126 cm³/mol. The van der Waals surface area contributed by atoms with E-state index >= 15 is 0 Å². The molecule has 0 saturated carbocycles. The van der Waals surface area contributed by atoms with Crippen LogP contribution < -0.4 is 5.32 Å². The van der Waals surface area contributed by atoms with Gasteiger partial charge >= 0.3 is 12.4 Å². The summed E-state index contributed by atoms with van der Waals surface area (Å²) in [6.45, 7) is 1.82. The van der Waals surface area contributed by atoms with E-state index < -0.39 is 52.3 Å². The molecule has 0 spiro atoms. The van der Waals surface area contributed by atoms with Crippen molar-refractivity contribution in [1.29, 1.82) is 0 Å². The molecule has 1 N–H and O–H groups in total. The first-order chi connectivity index (χ1) is 16.1. The summed E-state index contributed by atoms with van der Waals surface area (Å²) < 4.78 is 96.8. The molecule has 1 amide bonds. The number of hydrogen-bond donors (Lipinski definition) is 1. The molecule has 0 radical (unpaired) electrons. The second-order valence-corrected chi connectivity index (χ2v) is 9.82. The van der Waals surface area contributed by atoms with Crippen LogP contribution in [-0.2, 0) is 6.18 Å². The molecule has 0 heterocycles. The molecule has 2 rings (SSSR count). The molecule has 0 aliphatic heterocycles. The number of hydrogen-bond acceptors (Lipinski definition) is 2. The molecule has 2 nitrogen and oxygen atoms in total. The number of amides is 1. The van der Waals surface area contributed by atoms with Gasteiger partial charge in [0.2, 0.25) is 0 Å². The maximum Gasteiger partial charge on any atom is 0.417 e. The van der Waals surface area contributed by atoms with Crippen LogP contribution in [0.15, 0.2) is 36.4 Å². The van der Waals surface area contributed by atoms with Gasteiger partial charge in [0, 0.05) is 17.4 Å². The lowest BCUT2D eigenvalue weighted by molar-refractivity contribution is -0.140. The maximum atomic E-state index is 14.9. The summed E-state index contributed by atoms with van der Waals surface area (Å²) in [5.41, 5.74) is -3.64. The first-order valence-electron chi connectivity index (χ1n) is 9.67. The molecule has 2 aromatic rings. The standard InChI is InChI=1S/C22H17Cl3F7NOS/c1-10(35-2)9-33-20(34)13-4-3-11(5-15(13)22(30,31)32)18(26)8-14(21(27,28)29)12-6-16(23)19(25)17(24)7-12/h3-8,10,14H,9H2,1-2H3,(H,33,34)/b18-8-. The van der Waals surface area contributed by atoms with E-state index in [0.29, 0.717) is 6.07 Å². The van der Waals surface area contributed by atoms with Crippen molar-refractivity contribution in [3.05, 3.63) is 73.7 Å². The number of thioether (sulfide) groups is 1. The topological polar surface area (TPSA) is 29.1 Å². The van der Waals surface area contributed by atoms with Crippen LogP contribution >= 0.6 is 46.6 Å². The number of allylic oxidation sites excluding steroid dienone is 1. The highest BCUT2D eigenvalue weighted by Gasteiger charge is 2.41. The highest BCUT2D eigenvalue weighted by molar-refractivity contribution is 7.99. The second-order valence-electron chi connectivity index (χ2n) is 7.35. The van der Waals surface area contributed by atoms with Gasteiger partial charge in [0.05, 0.1) is 26.2 Å². The Balaban J connectivity index is 2.53. The molecule has 0 aliphatic rings. The van der Waals surface area contributed by atoms with E-state index in [0.717, 1.165) is 18.2 Å². The summed E-state index contributed by atoms with van der Waals surface area (Å²) >= 11 is 18.7. The second kappa shape index (κ2) is 11.6. The minimum atomic E-state index is -5.07. The van der Waals surface area contributed by atoms with E-state index in [1.807, 2.05) is 0 Å². The van der Waals surface area contributed by atoms with Crippen molar-refractivity contribution in [2.75, 3.05) is 12.8 Å². The smallest absolute Gasteiger partial charge is 0.351 e. The van der Waals surface area contributed by atoms with Crippen LogP contribution in [0.2, 0.25) is 15.1 Å². The van der Waals surface area contributed by atoms with Crippen LogP contribution in [0, 0.1) is 0 Å². The largest absolute Gasteiger partial charge is 0.417 e. The van der Waals surface area contributed by atoms with Gasteiger partial charge in [0.25, 0.3) is 5.91 Å². The van der Waals surface area contributed by atoms with Gasteiger partial charge in [-0.25, -0.2) is 4.39 Å². The van der Waals surface area contributed by atoms with Crippen LogP contribution in [0.5, 0.6) is 0 Å². The number of carbonyl (C=O) groups is 1. The fourth-order valence-corrected chi connectivity index (χ4v) is 3.78. The average Bonchev–Trinajstić information content (AvgIpc) is 2.76. The number of alkyl halides is 6. The Morgan fingerprint density at radius 2 is 1.63 bits per heavy atom. The summed E-state index contributed by atoms with van der Waals surface area (Å²) in [5.74, 6) is -5.24. The third-order valence-electron chi connectivity index (χ3n) is 4.83. The monoisotopic (exact) mass is 581 g/mol. The predicted octanol–water partition coefficient (Wildman–Crippen LogP) is 8.80. The fourth-order valence-electron chi connectivity index (χ4n) is 2.92. The molecule has 192 valence electrons. The van der Waals surface area contributed by atoms with Gasteiger partial charge in [-0.05, 0) is 42.2 Å². The first-order valence-corrected chi connectivity index (χ1v) is 12.1. The zero-order chi connectivity index (χ0) is 26.7. The molecule has 2 atom stereocenters. The SMILES string of the molecule is CSC(C)CNC(=O)c1ccc(/C(F)=C/C(c2cc(Cl)c(Cl)c(Cl)c2)C(F)(F)F)cc1C(F)(F)F. The van der Waals surface area contributed by atoms with Gasteiger partial charge in [0.1, 0.15) is 11.7 Å². The highest BCUT2D eigenvalue weighted by Crippen LogP contribution is 2.42. The van der Waals surface area contributed by atoms with Crippen molar-refractivity contribution in [1.82, 2.24) is 5.32 Å². The summed E-state index contributed by atoms with van der Waals surface area (Å²) in [4.78, 5) is 12.3. The third kappa shape index (κ3) is 7.68. The Morgan fingerprint density at radius 3 is 2.11 bits per heavy atom. The van der Waals surface area contributed by atoms with Crippen molar-refractivity contribution in [2.45, 2.75) is 30.4 Å². The molecule has 0 aromatic heterocycles. The van der Waals surface area contributed by atoms with Crippen molar-refractivity contribution in [3.8, 4) is 0 Å². The average molecular weight is 583 g/mol. The number of benzene rings is 2. The maximum absolute atomic E-state index is 14.9. The normalized spacial score (nSPS) is 14.6. The van der Waals surface area contributed by atoms with Gasteiger partial charge in [0.15, 0.2) is 0 Å². The van der Waals surface area contributed by atoms with Gasteiger partial charge < -0.3 is 5.32 Å². The van der Waals surface area contributed by atoms with Crippen molar-refractivity contribution in [3.63, 3.8) is 0 Å². The van der Waals surface area contributed by atoms with Crippen LogP contribution in [0.1, 0.15) is 39.9 Å². The Bertz CT molecular complexity index is 1100. The van der Waals surface area contributed by atoms with E-state index in [1.54, 1.807) is 13.2 Å². The lowest BCUT2D eigenvalue weighted by Gasteiger charge is -2.19. The number of rotatable bonds is 7.